The lowest BCUT2D eigenvalue weighted by molar-refractivity contribution is 0.303. The van der Waals surface area contributed by atoms with Gasteiger partial charge >= 0.3 is 0 Å². The van der Waals surface area contributed by atoms with Gasteiger partial charge in [-0.25, -0.2) is 0 Å². The Balaban J connectivity index is 2.01. The van der Waals surface area contributed by atoms with Crippen molar-refractivity contribution in [3.05, 3.63) is 22.9 Å². The van der Waals surface area contributed by atoms with Crippen LogP contribution < -0.4 is 10.1 Å². The molecule has 1 rings (SSSR count). The first kappa shape index (κ1) is 14.5. The molecule has 96 valence electrons. The van der Waals surface area contributed by atoms with Gasteiger partial charge < -0.3 is 10.1 Å². The molecule has 1 aromatic heterocycles. The summed E-state index contributed by atoms with van der Waals surface area (Å²) in [5.41, 5.74) is 0. The van der Waals surface area contributed by atoms with Gasteiger partial charge in [-0.2, -0.15) is 0 Å². The normalized spacial score (nSPS) is 10.8. The molecule has 1 aromatic rings. The highest BCUT2D eigenvalue weighted by Gasteiger charge is 1.96. The standard InChI is InChI=1S/C13H21BrN2O/c1-11(2)16-6-4-3-5-7-17-13-8-12(14)9-15-10-13/h8-11,16H,3-7H2,1-2H3. The van der Waals surface area contributed by atoms with Crippen molar-refractivity contribution in [3.8, 4) is 5.75 Å². The summed E-state index contributed by atoms with van der Waals surface area (Å²) in [5.74, 6) is 0.833. The van der Waals surface area contributed by atoms with Gasteiger partial charge in [0.05, 0.1) is 12.8 Å². The molecule has 0 atom stereocenters. The molecule has 0 aliphatic carbocycles. The summed E-state index contributed by atoms with van der Waals surface area (Å²) in [7, 11) is 0. The van der Waals surface area contributed by atoms with Gasteiger partial charge in [-0.05, 0) is 47.8 Å². The molecular formula is C13H21BrN2O. The fourth-order valence-electron chi connectivity index (χ4n) is 1.46. The van der Waals surface area contributed by atoms with Crippen LogP contribution >= 0.6 is 15.9 Å². The van der Waals surface area contributed by atoms with Crippen LogP contribution in [-0.2, 0) is 0 Å². The summed E-state index contributed by atoms with van der Waals surface area (Å²) >= 11 is 3.37. The molecule has 0 spiro atoms. The SMILES string of the molecule is CC(C)NCCCCCOc1cncc(Br)c1. The third-order valence-electron chi connectivity index (χ3n) is 2.32. The molecule has 0 aliphatic heterocycles. The predicted octanol–water partition coefficient (Wildman–Crippen LogP) is 3.39. The van der Waals surface area contributed by atoms with Crippen LogP contribution in [-0.4, -0.2) is 24.2 Å². The molecule has 0 radical (unpaired) electrons. The zero-order valence-electron chi connectivity index (χ0n) is 10.6. The van der Waals surface area contributed by atoms with Crippen molar-refractivity contribution in [2.75, 3.05) is 13.2 Å². The van der Waals surface area contributed by atoms with Crippen molar-refractivity contribution in [1.29, 1.82) is 0 Å². The topological polar surface area (TPSA) is 34.1 Å². The van der Waals surface area contributed by atoms with Gasteiger partial charge in [0.25, 0.3) is 0 Å². The Bertz CT molecular complexity index is 318. The average Bonchev–Trinajstić information content (AvgIpc) is 2.27. The maximum atomic E-state index is 5.60. The third-order valence-corrected chi connectivity index (χ3v) is 2.76. The van der Waals surface area contributed by atoms with Crippen molar-refractivity contribution < 1.29 is 4.74 Å². The number of nitrogens with one attached hydrogen (secondary N) is 1. The molecule has 1 N–H and O–H groups in total. The second-order valence-electron chi connectivity index (χ2n) is 4.36. The summed E-state index contributed by atoms with van der Waals surface area (Å²) in [6.45, 7) is 6.20. The van der Waals surface area contributed by atoms with E-state index in [1.54, 1.807) is 12.4 Å². The Labute approximate surface area is 112 Å². The zero-order valence-corrected chi connectivity index (χ0v) is 12.2. The van der Waals surface area contributed by atoms with Crippen LogP contribution in [0.15, 0.2) is 22.9 Å². The molecule has 0 amide bonds. The lowest BCUT2D eigenvalue weighted by Crippen LogP contribution is -2.23. The van der Waals surface area contributed by atoms with Crippen molar-refractivity contribution in [2.45, 2.75) is 39.2 Å². The van der Waals surface area contributed by atoms with E-state index in [1.807, 2.05) is 6.07 Å². The minimum absolute atomic E-state index is 0.582. The molecule has 3 nitrogen and oxygen atoms in total. The van der Waals surface area contributed by atoms with Crippen molar-refractivity contribution >= 4 is 15.9 Å². The molecule has 0 bridgehead atoms. The minimum Gasteiger partial charge on any atom is -0.492 e. The number of hydrogen-bond acceptors (Lipinski definition) is 3. The second-order valence-corrected chi connectivity index (χ2v) is 5.27. The van der Waals surface area contributed by atoms with Gasteiger partial charge in [0.15, 0.2) is 0 Å². The fourth-order valence-corrected chi connectivity index (χ4v) is 1.80. The number of nitrogens with zero attached hydrogens (tertiary/aromatic N) is 1. The number of pyridine rings is 1. The number of aromatic nitrogens is 1. The first-order chi connectivity index (χ1) is 8.18. The number of ether oxygens (including phenoxy) is 1. The van der Waals surface area contributed by atoms with E-state index in [0.717, 1.165) is 29.8 Å². The molecule has 0 aromatic carbocycles. The van der Waals surface area contributed by atoms with Crippen LogP contribution in [0.25, 0.3) is 0 Å². The highest BCUT2D eigenvalue weighted by molar-refractivity contribution is 9.10. The Kier molecular flexibility index (Phi) is 7.21. The second kappa shape index (κ2) is 8.48. The van der Waals surface area contributed by atoms with E-state index in [4.69, 9.17) is 4.74 Å². The molecule has 4 heteroatoms. The Morgan fingerprint density at radius 3 is 2.82 bits per heavy atom. The van der Waals surface area contributed by atoms with Crippen LogP contribution in [0.2, 0.25) is 0 Å². The number of rotatable bonds is 8. The highest BCUT2D eigenvalue weighted by atomic mass is 79.9. The molecular weight excluding hydrogens is 280 g/mol. The summed E-state index contributed by atoms with van der Waals surface area (Å²) in [6, 6.07) is 2.52. The molecule has 1 heterocycles. The van der Waals surface area contributed by atoms with E-state index in [0.29, 0.717) is 6.04 Å². The van der Waals surface area contributed by atoms with E-state index in [1.165, 1.54) is 12.8 Å². The van der Waals surface area contributed by atoms with Crippen LogP contribution in [0.4, 0.5) is 0 Å². The van der Waals surface area contributed by atoms with Gasteiger partial charge in [0.2, 0.25) is 0 Å². The van der Waals surface area contributed by atoms with Crippen molar-refractivity contribution in [2.24, 2.45) is 0 Å². The van der Waals surface area contributed by atoms with Crippen molar-refractivity contribution in [1.82, 2.24) is 10.3 Å². The van der Waals surface area contributed by atoms with E-state index in [-0.39, 0.29) is 0 Å². The summed E-state index contributed by atoms with van der Waals surface area (Å²) < 4.78 is 6.56. The van der Waals surface area contributed by atoms with Gasteiger partial charge in [-0.15, -0.1) is 0 Å². The lowest BCUT2D eigenvalue weighted by Gasteiger charge is -2.08. The van der Waals surface area contributed by atoms with Crippen molar-refractivity contribution in [3.63, 3.8) is 0 Å². The summed E-state index contributed by atoms with van der Waals surface area (Å²) in [5, 5.41) is 3.40. The molecule has 0 saturated carbocycles. The van der Waals surface area contributed by atoms with E-state index < -0.39 is 0 Å². The van der Waals surface area contributed by atoms with E-state index in [2.05, 4.69) is 40.1 Å². The Morgan fingerprint density at radius 2 is 2.12 bits per heavy atom. The Hall–Kier alpha value is -0.610. The van der Waals surface area contributed by atoms with Crippen LogP contribution in [0, 0.1) is 0 Å². The highest BCUT2D eigenvalue weighted by Crippen LogP contribution is 2.15. The van der Waals surface area contributed by atoms with E-state index >= 15 is 0 Å². The third kappa shape index (κ3) is 7.34. The molecule has 0 fully saturated rings. The maximum absolute atomic E-state index is 5.60. The summed E-state index contributed by atoms with van der Waals surface area (Å²) in [4.78, 5) is 4.05. The molecule has 17 heavy (non-hydrogen) atoms. The minimum atomic E-state index is 0.582. The van der Waals surface area contributed by atoms with Gasteiger partial charge in [-0.3, -0.25) is 4.98 Å². The fraction of sp³-hybridized carbons (Fsp3) is 0.615. The zero-order chi connectivity index (χ0) is 12.5. The smallest absolute Gasteiger partial charge is 0.138 e. The molecule has 0 saturated heterocycles. The molecule has 0 aliphatic rings. The number of halogens is 1. The van der Waals surface area contributed by atoms with Crippen LogP contribution in [0.1, 0.15) is 33.1 Å². The first-order valence-electron chi connectivity index (χ1n) is 6.15. The van der Waals surface area contributed by atoms with Gasteiger partial charge in [-0.1, -0.05) is 13.8 Å². The van der Waals surface area contributed by atoms with Crippen LogP contribution in [0.3, 0.4) is 0 Å². The van der Waals surface area contributed by atoms with Crippen LogP contribution in [0.5, 0.6) is 5.75 Å². The number of hydrogen-bond donors (Lipinski definition) is 1. The van der Waals surface area contributed by atoms with E-state index in [9.17, 15) is 0 Å². The number of unbranched alkanes of at least 4 members (excludes halogenated alkanes) is 2. The van der Waals surface area contributed by atoms with Gasteiger partial charge in [0, 0.05) is 16.7 Å². The maximum Gasteiger partial charge on any atom is 0.138 e. The molecule has 0 unspecified atom stereocenters. The Morgan fingerprint density at radius 1 is 1.29 bits per heavy atom. The summed E-state index contributed by atoms with van der Waals surface area (Å²) in [6.07, 6.45) is 6.99. The quantitative estimate of drug-likeness (QED) is 0.747. The predicted molar refractivity (Wildman–Crippen MR) is 74.4 cm³/mol. The monoisotopic (exact) mass is 300 g/mol. The first-order valence-corrected chi connectivity index (χ1v) is 6.94. The average molecular weight is 301 g/mol. The largest absolute Gasteiger partial charge is 0.492 e. The lowest BCUT2D eigenvalue weighted by atomic mass is 10.2. The van der Waals surface area contributed by atoms with Gasteiger partial charge in [0.1, 0.15) is 5.75 Å².